The molecule has 2 aromatic carbocycles. The SMILES string of the molecule is CC(C)=CCC/C(C)=C/CC/C(C)=C\Cc1cccc2c1C(CCN1C(=O)c3ccccc3C1=O)C(=O)N2. The van der Waals surface area contributed by atoms with Crippen LogP contribution in [-0.4, -0.2) is 29.2 Å². The molecule has 2 aromatic rings. The monoisotopic (exact) mass is 510 g/mol. The molecule has 1 N–H and O–H groups in total. The molecule has 0 fully saturated rings. The van der Waals surface area contributed by atoms with Gasteiger partial charge in [-0.1, -0.05) is 59.2 Å². The highest BCUT2D eigenvalue weighted by Crippen LogP contribution is 2.38. The van der Waals surface area contributed by atoms with Gasteiger partial charge < -0.3 is 5.32 Å². The molecular weight excluding hydrogens is 472 g/mol. The van der Waals surface area contributed by atoms with Gasteiger partial charge in [0.15, 0.2) is 0 Å². The van der Waals surface area contributed by atoms with E-state index in [1.807, 2.05) is 12.1 Å². The zero-order valence-corrected chi connectivity index (χ0v) is 23.0. The van der Waals surface area contributed by atoms with Gasteiger partial charge in [0.25, 0.3) is 11.8 Å². The fourth-order valence-corrected chi connectivity index (χ4v) is 5.26. The molecule has 0 radical (unpaired) electrons. The van der Waals surface area contributed by atoms with Crippen molar-refractivity contribution in [3.8, 4) is 0 Å². The summed E-state index contributed by atoms with van der Waals surface area (Å²) in [6, 6.07) is 12.9. The number of benzene rings is 2. The van der Waals surface area contributed by atoms with E-state index in [0.29, 0.717) is 17.5 Å². The predicted molar refractivity (Wildman–Crippen MR) is 153 cm³/mol. The molecular formula is C33H38N2O3. The van der Waals surface area contributed by atoms with Crippen LogP contribution in [0.25, 0.3) is 0 Å². The van der Waals surface area contributed by atoms with Crippen LogP contribution in [0.1, 0.15) is 97.6 Å². The van der Waals surface area contributed by atoms with E-state index in [1.54, 1.807) is 24.3 Å². The zero-order valence-electron chi connectivity index (χ0n) is 23.0. The first-order valence-corrected chi connectivity index (χ1v) is 13.6. The van der Waals surface area contributed by atoms with Gasteiger partial charge in [0.1, 0.15) is 0 Å². The Labute approximate surface area is 226 Å². The van der Waals surface area contributed by atoms with Crippen molar-refractivity contribution >= 4 is 23.4 Å². The van der Waals surface area contributed by atoms with Gasteiger partial charge in [-0.15, -0.1) is 0 Å². The molecule has 0 spiro atoms. The number of carbonyl (C=O) groups is 3. The molecule has 1 atom stereocenters. The summed E-state index contributed by atoms with van der Waals surface area (Å²) in [6.07, 6.45) is 12.3. The molecule has 5 nitrogen and oxygen atoms in total. The summed E-state index contributed by atoms with van der Waals surface area (Å²) in [7, 11) is 0. The van der Waals surface area contributed by atoms with Crippen molar-refractivity contribution in [3.05, 3.63) is 99.7 Å². The second kappa shape index (κ2) is 12.2. The molecule has 38 heavy (non-hydrogen) atoms. The third-order valence-electron chi connectivity index (χ3n) is 7.43. The Morgan fingerprint density at radius 3 is 2.11 bits per heavy atom. The summed E-state index contributed by atoms with van der Waals surface area (Å²) in [5, 5.41) is 3.00. The quantitative estimate of drug-likeness (QED) is 0.253. The van der Waals surface area contributed by atoms with Gasteiger partial charge in [-0.25, -0.2) is 0 Å². The van der Waals surface area contributed by atoms with E-state index < -0.39 is 0 Å². The molecule has 0 bridgehead atoms. The van der Waals surface area contributed by atoms with E-state index in [-0.39, 0.29) is 30.2 Å². The Morgan fingerprint density at radius 2 is 1.45 bits per heavy atom. The van der Waals surface area contributed by atoms with Gasteiger partial charge in [-0.3, -0.25) is 19.3 Å². The van der Waals surface area contributed by atoms with E-state index >= 15 is 0 Å². The second-order valence-corrected chi connectivity index (χ2v) is 10.7. The summed E-state index contributed by atoms with van der Waals surface area (Å²) >= 11 is 0. The average Bonchev–Trinajstić information content (AvgIpc) is 3.34. The summed E-state index contributed by atoms with van der Waals surface area (Å²) in [4.78, 5) is 39.7. The Balaban J connectivity index is 1.38. The number of allylic oxidation sites excluding steroid dienone is 6. The van der Waals surface area contributed by atoms with Crippen LogP contribution in [0.3, 0.4) is 0 Å². The number of hydrogen-bond acceptors (Lipinski definition) is 3. The average molecular weight is 511 g/mol. The number of nitrogens with zero attached hydrogens (tertiary/aromatic N) is 1. The van der Waals surface area contributed by atoms with Crippen LogP contribution in [0.4, 0.5) is 5.69 Å². The maximum absolute atomic E-state index is 12.9. The molecule has 198 valence electrons. The summed E-state index contributed by atoms with van der Waals surface area (Å²) in [6.45, 7) is 8.86. The van der Waals surface area contributed by atoms with Gasteiger partial charge in [-0.2, -0.15) is 0 Å². The van der Waals surface area contributed by atoms with Crippen molar-refractivity contribution in [2.24, 2.45) is 0 Å². The van der Waals surface area contributed by atoms with Crippen LogP contribution in [0.2, 0.25) is 0 Å². The number of nitrogens with one attached hydrogen (secondary N) is 1. The van der Waals surface area contributed by atoms with Crippen molar-refractivity contribution in [1.29, 1.82) is 0 Å². The lowest BCUT2D eigenvalue weighted by atomic mass is 9.90. The number of amides is 3. The Morgan fingerprint density at radius 1 is 0.816 bits per heavy atom. The fourth-order valence-electron chi connectivity index (χ4n) is 5.26. The Kier molecular flexibility index (Phi) is 8.77. The van der Waals surface area contributed by atoms with Crippen LogP contribution in [0.15, 0.2) is 77.4 Å². The predicted octanol–water partition coefficient (Wildman–Crippen LogP) is 7.37. The molecule has 5 heteroatoms. The largest absolute Gasteiger partial charge is 0.325 e. The van der Waals surface area contributed by atoms with Crippen molar-refractivity contribution in [2.75, 3.05) is 11.9 Å². The molecule has 2 heterocycles. The third kappa shape index (κ3) is 6.21. The lowest BCUT2D eigenvalue weighted by Gasteiger charge is -2.18. The summed E-state index contributed by atoms with van der Waals surface area (Å²) in [5.41, 5.74) is 7.94. The van der Waals surface area contributed by atoms with Crippen molar-refractivity contribution in [1.82, 2.24) is 4.90 Å². The molecule has 0 saturated carbocycles. The smallest absolute Gasteiger partial charge is 0.261 e. The zero-order chi connectivity index (χ0) is 27.2. The molecule has 3 amide bonds. The minimum absolute atomic E-state index is 0.0708. The Hall–Kier alpha value is -3.73. The van der Waals surface area contributed by atoms with E-state index in [0.717, 1.165) is 48.9 Å². The fraction of sp³-hybridized carbons (Fsp3) is 0.364. The number of rotatable bonds is 11. The molecule has 0 aromatic heterocycles. The van der Waals surface area contributed by atoms with E-state index in [2.05, 4.69) is 57.3 Å². The lowest BCUT2D eigenvalue weighted by molar-refractivity contribution is -0.117. The first kappa shape index (κ1) is 27.3. The van der Waals surface area contributed by atoms with Crippen molar-refractivity contribution in [2.45, 2.75) is 72.1 Å². The van der Waals surface area contributed by atoms with Gasteiger partial charge in [0.05, 0.1) is 17.0 Å². The molecule has 2 aliphatic rings. The lowest BCUT2D eigenvalue weighted by Crippen LogP contribution is -2.32. The second-order valence-electron chi connectivity index (χ2n) is 10.7. The molecule has 4 rings (SSSR count). The minimum Gasteiger partial charge on any atom is -0.325 e. The molecule has 2 aliphatic heterocycles. The van der Waals surface area contributed by atoms with Crippen LogP contribution < -0.4 is 5.32 Å². The number of anilines is 1. The van der Waals surface area contributed by atoms with Gasteiger partial charge in [0, 0.05) is 12.2 Å². The van der Waals surface area contributed by atoms with Crippen LogP contribution in [0.5, 0.6) is 0 Å². The van der Waals surface area contributed by atoms with E-state index in [9.17, 15) is 14.4 Å². The maximum atomic E-state index is 12.9. The summed E-state index contributed by atoms with van der Waals surface area (Å²) in [5.74, 6) is -1.02. The third-order valence-corrected chi connectivity index (χ3v) is 7.43. The van der Waals surface area contributed by atoms with Gasteiger partial charge in [-0.05, 0) is 95.5 Å². The number of imide groups is 1. The van der Waals surface area contributed by atoms with Crippen molar-refractivity contribution in [3.63, 3.8) is 0 Å². The minimum atomic E-state index is -0.384. The topological polar surface area (TPSA) is 66.5 Å². The van der Waals surface area contributed by atoms with Gasteiger partial charge in [0.2, 0.25) is 5.91 Å². The molecule has 0 aliphatic carbocycles. The molecule has 1 unspecified atom stereocenters. The van der Waals surface area contributed by atoms with Crippen molar-refractivity contribution < 1.29 is 14.4 Å². The number of fused-ring (bicyclic) bond motifs is 2. The van der Waals surface area contributed by atoms with E-state index in [1.165, 1.54) is 21.6 Å². The van der Waals surface area contributed by atoms with Gasteiger partial charge >= 0.3 is 0 Å². The van der Waals surface area contributed by atoms with Crippen LogP contribution in [-0.2, 0) is 11.2 Å². The highest BCUT2D eigenvalue weighted by Gasteiger charge is 2.38. The number of hydrogen-bond donors (Lipinski definition) is 1. The molecule has 0 saturated heterocycles. The van der Waals surface area contributed by atoms with E-state index in [4.69, 9.17) is 0 Å². The highest BCUT2D eigenvalue weighted by atomic mass is 16.2. The number of carbonyl (C=O) groups excluding carboxylic acids is 3. The Bertz CT molecular complexity index is 1290. The first-order valence-electron chi connectivity index (χ1n) is 13.6. The normalized spacial score (nSPS) is 17.0. The summed E-state index contributed by atoms with van der Waals surface area (Å²) < 4.78 is 0. The van der Waals surface area contributed by atoms with Crippen LogP contribution >= 0.6 is 0 Å². The first-order chi connectivity index (χ1) is 18.3. The maximum Gasteiger partial charge on any atom is 0.261 e. The standard InChI is InChI=1S/C33H38N2O3/c1-22(2)10-7-11-23(3)12-8-13-24(4)18-19-25-14-9-17-29-30(25)28(31(36)34-29)20-21-35-32(37)26-15-5-6-16-27(26)33(35)38/h5-6,9-10,12,14-18,28H,7-8,11,13,19-21H2,1-4H3,(H,34,36)/b23-12+,24-18-. The van der Waals surface area contributed by atoms with Crippen LogP contribution in [0, 0.1) is 0 Å². The highest BCUT2D eigenvalue weighted by molar-refractivity contribution is 6.21.